The quantitative estimate of drug-likeness (QED) is 0.272. The Morgan fingerprint density at radius 2 is 1.83 bits per heavy atom. The Bertz CT molecular complexity index is 1410. The van der Waals surface area contributed by atoms with Crippen molar-refractivity contribution in [3.8, 4) is 0 Å². The second-order valence-electron chi connectivity index (χ2n) is 6.83. The highest BCUT2D eigenvalue weighted by atomic mass is 32.2. The van der Waals surface area contributed by atoms with Gasteiger partial charge >= 0.3 is 0 Å². The second kappa shape index (κ2) is 8.01. The number of thioether (sulfide) groups is 1. The van der Waals surface area contributed by atoms with Gasteiger partial charge in [-0.3, -0.25) is 9.36 Å². The molecule has 7 heteroatoms. The molecule has 0 amide bonds. The number of thiophene rings is 1. The van der Waals surface area contributed by atoms with E-state index in [1.807, 2.05) is 48.5 Å². The molecule has 0 saturated carbocycles. The van der Waals surface area contributed by atoms with Crippen molar-refractivity contribution >= 4 is 43.5 Å². The van der Waals surface area contributed by atoms with Crippen LogP contribution in [0.4, 0.5) is 4.39 Å². The van der Waals surface area contributed by atoms with Gasteiger partial charge in [-0.05, 0) is 35.4 Å². The lowest BCUT2D eigenvalue weighted by Crippen LogP contribution is -2.23. The van der Waals surface area contributed by atoms with Crippen LogP contribution in [-0.2, 0) is 12.3 Å². The lowest BCUT2D eigenvalue weighted by atomic mass is 10.2. The molecule has 2 aromatic carbocycles. The van der Waals surface area contributed by atoms with E-state index in [9.17, 15) is 9.18 Å². The van der Waals surface area contributed by atoms with Gasteiger partial charge in [-0.25, -0.2) is 14.4 Å². The minimum absolute atomic E-state index is 0.0754. The molecule has 0 aliphatic rings. The van der Waals surface area contributed by atoms with E-state index in [4.69, 9.17) is 4.98 Å². The molecule has 0 aliphatic carbocycles. The summed E-state index contributed by atoms with van der Waals surface area (Å²) >= 11 is 2.81. The maximum Gasteiger partial charge on any atom is 0.272 e. The maximum atomic E-state index is 13.6. The predicted molar refractivity (Wildman–Crippen MR) is 121 cm³/mol. The van der Waals surface area contributed by atoms with Gasteiger partial charge in [-0.15, -0.1) is 11.3 Å². The van der Waals surface area contributed by atoms with Crippen molar-refractivity contribution in [1.82, 2.24) is 14.5 Å². The number of nitrogens with zero attached hydrogens (tertiary/aromatic N) is 3. The SMILES string of the molecule is O=c1c2sc3ncccc3c2nc(SCc2cccc(F)c2)n1Cc1ccccc1. The van der Waals surface area contributed by atoms with E-state index < -0.39 is 0 Å². The molecule has 5 aromatic rings. The Balaban J connectivity index is 1.64. The van der Waals surface area contributed by atoms with Gasteiger partial charge < -0.3 is 0 Å². The molecule has 0 saturated heterocycles. The summed E-state index contributed by atoms with van der Waals surface area (Å²) in [4.78, 5) is 23.5. The standard InChI is InChI=1S/C23H16FN3OS2/c24-17-9-4-8-16(12-17)14-29-23-26-19-18-10-5-11-25-21(18)30-20(19)22(28)27(23)13-15-6-2-1-3-7-15/h1-12H,13-14H2. The van der Waals surface area contributed by atoms with Gasteiger partial charge in [-0.1, -0.05) is 54.2 Å². The normalized spacial score (nSPS) is 11.4. The van der Waals surface area contributed by atoms with Crippen molar-refractivity contribution in [3.63, 3.8) is 0 Å². The zero-order valence-corrected chi connectivity index (χ0v) is 17.4. The smallest absolute Gasteiger partial charge is 0.272 e. The topological polar surface area (TPSA) is 47.8 Å². The Kier molecular flexibility index (Phi) is 5.06. The number of halogens is 1. The highest BCUT2D eigenvalue weighted by Gasteiger charge is 2.17. The van der Waals surface area contributed by atoms with Gasteiger partial charge in [0.05, 0.1) is 12.1 Å². The van der Waals surface area contributed by atoms with Crippen molar-refractivity contribution in [2.75, 3.05) is 0 Å². The van der Waals surface area contributed by atoms with Gasteiger partial charge in [0.15, 0.2) is 5.16 Å². The molecule has 0 spiro atoms. The Labute approximate surface area is 180 Å². The summed E-state index contributed by atoms with van der Waals surface area (Å²) in [6.45, 7) is 0.426. The predicted octanol–water partition coefficient (Wildman–Crippen LogP) is 5.49. The summed E-state index contributed by atoms with van der Waals surface area (Å²) in [5.41, 5.74) is 2.47. The zero-order valence-electron chi connectivity index (χ0n) is 15.8. The third kappa shape index (κ3) is 3.62. The summed E-state index contributed by atoms with van der Waals surface area (Å²) < 4.78 is 15.9. The van der Waals surface area contributed by atoms with Gasteiger partial charge in [0.1, 0.15) is 15.3 Å². The van der Waals surface area contributed by atoms with Crippen LogP contribution in [0.3, 0.4) is 0 Å². The molecule has 0 unspecified atom stereocenters. The van der Waals surface area contributed by atoms with E-state index in [-0.39, 0.29) is 11.4 Å². The molecule has 0 N–H and O–H groups in total. The van der Waals surface area contributed by atoms with Crippen LogP contribution in [0.15, 0.2) is 82.9 Å². The molecule has 3 heterocycles. The van der Waals surface area contributed by atoms with Gasteiger partial charge in [-0.2, -0.15) is 0 Å². The van der Waals surface area contributed by atoms with Gasteiger partial charge in [0.25, 0.3) is 5.56 Å². The van der Waals surface area contributed by atoms with Crippen LogP contribution in [-0.4, -0.2) is 14.5 Å². The molecule has 0 atom stereocenters. The number of rotatable bonds is 5. The van der Waals surface area contributed by atoms with E-state index in [0.717, 1.165) is 21.3 Å². The number of aromatic nitrogens is 3. The number of benzene rings is 2. The van der Waals surface area contributed by atoms with Crippen LogP contribution in [0, 0.1) is 5.82 Å². The molecular formula is C23H16FN3OS2. The second-order valence-corrected chi connectivity index (χ2v) is 8.77. The van der Waals surface area contributed by atoms with Crippen molar-refractivity contribution in [1.29, 1.82) is 0 Å². The fraction of sp³-hybridized carbons (Fsp3) is 0.0870. The van der Waals surface area contributed by atoms with Crippen LogP contribution in [0.2, 0.25) is 0 Å². The monoisotopic (exact) mass is 433 g/mol. The largest absolute Gasteiger partial charge is 0.282 e. The zero-order chi connectivity index (χ0) is 20.5. The molecule has 30 heavy (non-hydrogen) atoms. The Morgan fingerprint density at radius 1 is 1.00 bits per heavy atom. The van der Waals surface area contributed by atoms with E-state index >= 15 is 0 Å². The molecular weight excluding hydrogens is 417 g/mol. The van der Waals surface area contributed by atoms with Crippen molar-refractivity contribution in [2.45, 2.75) is 17.5 Å². The minimum atomic E-state index is -0.270. The first-order chi connectivity index (χ1) is 14.7. The molecule has 4 nitrogen and oxygen atoms in total. The third-order valence-corrected chi connectivity index (χ3v) is 6.90. The van der Waals surface area contributed by atoms with Crippen molar-refractivity contribution in [2.24, 2.45) is 0 Å². The van der Waals surface area contributed by atoms with Crippen molar-refractivity contribution in [3.05, 3.63) is 100 Å². The average Bonchev–Trinajstić information content (AvgIpc) is 3.14. The first-order valence-corrected chi connectivity index (χ1v) is 11.2. The fourth-order valence-electron chi connectivity index (χ4n) is 3.33. The summed E-state index contributed by atoms with van der Waals surface area (Å²) in [5.74, 6) is 0.248. The maximum absolute atomic E-state index is 13.6. The first-order valence-electron chi connectivity index (χ1n) is 9.38. The van der Waals surface area contributed by atoms with E-state index in [1.165, 1.54) is 35.2 Å². The fourth-order valence-corrected chi connectivity index (χ4v) is 5.30. The third-order valence-electron chi connectivity index (χ3n) is 4.76. The molecule has 0 bridgehead atoms. The van der Waals surface area contributed by atoms with E-state index in [0.29, 0.717) is 27.7 Å². The van der Waals surface area contributed by atoms with E-state index in [2.05, 4.69) is 4.98 Å². The molecule has 3 aromatic heterocycles. The summed E-state index contributed by atoms with van der Waals surface area (Å²) in [6.07, 6.45) is 1.72. The number of hydrogen-bond acceptors (Lipinski definition) is 5. The molecule has 148 valence electrons. The highest BCUT2D eigenvalue weighted by molar-refractivity contribution is 7.98. The summed E-state index contributed by atoms with van der Waals surface area (Å²) in [7, 11) is 0. The first kappa shape index (κ1) is 19.0. The van der Waals surface area contributed by atoms with Gasteiger partial charge in [0, 0.05) is 17.3 Å². The number of hydrogen-bond donors (Lipinski definition) is 0. The van der Waals surface area contributed by atoms with Crippen LogP contribution in [0.25, 0.3) is 20.4 Å². The Morgan fingerprint density at radius 3 is 2.67 bits per heavy atom. The van der Waals surface area contributed by atoms with Crippen LogP contribution >= 0.6 is 23.1 Å². The van der Waals surface area contributed by atoms with Crippen molar-refractivity contribution < 1.29 is 4.39 Å². The minimum Gasteiger partial charge on any atom is -0.282 e. The van der Waals surface area contributed by atoms with Crippen LogP contribution in [0.5, 0.6) is 0 Å². The average molecular weight is 434 g/mol. The number of fused-ring (bicyclic) bond motifs is 3. The lowest BCUT2D eigenvalue weighted by Gasteiger charge is -2.12. The van der Waals surface area contributed by atoms with Crippen LogP contribution < -0.4 is 5.56 Å². The lowest BCUT2D eigenvalue weighted by molar-refractivity contribution is 0.626. The summed E-state index contributed by atoms with van der Waals surface area (Å²) in [6, 6.07) is 20.1. The Hall–Kier alpha value is -3.03. The van der Waals surface area contributed by atoms with E-state index in [1.54, 1.807) is 16.8 Å². The highest BCUT2D eigenvalue weighted by Crippen LogP contribution is 2.31. The summed E-state index contributed by atoms with van der Waals surface area (Å²) in [5, 5.41) is 1.50. The van der Waals surface area contributed by atoms with Crippen LogP contribution in [0.1, 0.15) is 11.1 Å². The molecule has 0 aliphatic heterocycles. The molecule has 5 rings (SSSR count). The number of pyridine rings is 1. The molecule has 0 radical (unpaired) electrons. The van der Waals surface area contributed by atoms with Gasteiger partial charge in [0.2, 0.25) is 0 Å². The molecule has 0 fully saturated rings.